The number of benzene rings is 2. The van der Waals surface area contributed by atoms with Gasteiger partial charge in [-0.05, 0) is 39.6 Å². The van der Waals surface area contributed by atoms with E-state index in [4.69, 9.17) is 0 Å². The molecule has 160 valence electrons. The summed E-state index contributed by atoms with van der Waals surface area (Å²) in [6, 6.07) is 15.9. The third-order valence-corrected chi connectivity index (χ3v) is 5.25. The molecule has 1 N–H and O–H groups in total. The van der Waals surface area contributed by atoms with Crippen molar-refractivity contribution in [1.82, 2.24) is 35.4 Å². The van der Waals surface area contributed by atoms with Gasteiger partial charge in [-0.15, -0.1) is 10.2 Å². The highest BCUT2D eigenvalue weighted by Crippen LogP contribution is 2.28. The number of H-pyrrole nitrogens is 1. The Morgan fingerprint density at radius 3 is 2.45 bits per heavy atom. The zero-order valence-corrected chi connectivity index (χ0v) is 17.5. The van der Waals surface area contributed by atoms with Gasteiger partial charge in [0.1, 0.15) is 5.82 Å². The molecule has 4 rings (SSSR count). The van der Waals surface area contributed by atoms with E-state index < -0.39 is 11.7 Å². The summed E-state index contributed by atoms with van der Waals surface area (Å²) >= 11 is 0. The molecule has 0 fully saturated rings. The summed E-state index contributed by atoms with van der Waals surface area (Å²) in [5.41, 5.74) is 3.90. The van der Waals surface area contributed by atoms with Gasteiger partial charge in [0, 0.05) is 18.4 Å². The lowest BCUT2D eigenvalue weighted by molar-refractivity contribution is 0.00755. The van der Waals surface area contributed by atoms with Gasteiger partial charge in [-0.3, -0.25) is 0 Å². The predicted molar refractivity (Wildman–Crippen MR) is 112 cm³/mol. The molecule has 0 amide bonds. The Balaban J connectivity index is 1.59. The third kappa shape index (κ3) is 4.50. The van der Waals surface area contributed by atoms with Crippen LogP contribution in [0.5, 0.6) is 0 Å². The van der Waals surface area contributed by atoms with E-state index in [0.717, 1.165) is 35.6 Å². The van der Waals surface area contributed by atoms with Gasteiger partial charge < -0.3 is 0 Å². The molecule has 2 aromatic heterocycles. The van der Waals surface area contributed by atoms with Gasteiger partial charge >= 0.3 is 5.92 Å². The lowest BCUT2D eigenvalue weighted by Gasteiger charge is -2.11. The largest absolute Gasteiger partial charge is 0.305 e. The summed E-state index contributed by atoms with van der Waals surface area (Å²) in [6.45, 7) is 5.18. The van der Waals surface area contributed by atoms with Crippen LogP contribution in [0.4, 0.5) is 8.78 Å². The topological polar surface area (TPSA) is 85.2 Å². The minimum Gasteiger partial charge on any atom is -0.245 e. The summed E-state index contributed by atoms with van der Waals surface area (Å²) in [7, 11) is 0. The Bertz CT molecular complexity index is 1150. The molecule has 9 heteroatoms. The van der Waals surface area contributed by atoms with Crippen LogP contribution < -0.4 is 0 Å². The third-order valence-electron chi connectivity index (χ3n) is 5.25. The van der Waals surface area contributed by atoms with Gasteiger partial charge in [0.25, 0.3) is 0 Å². The average molecular weight is 423 g/mol. The standard InChI is InChI=1S/C22H23F2N7/c1-4-14(2)20-25-21(22(3,23)24)28-31(20)13-15-8-10-16(11-9-15)17-6-5-7-18(12-17)19-26-29-30-27-19/h5-12,14H,4,13H2,1-3H3,(H,26,27,29,30). The van der Waals surface area contributed by atoms with E-state index in [0.29, 0.717) is 18.2 Å². The molecule has 0 aliphatic rings. The first-order chi connectivity index (χ1) is 14.8. The Morgan fingerprint density at radius 1 is 1.06 bits per heavy atom. The van der Waals surface area contributed by atoms with Gasteiger partial charge in [-0.25, -0.2) is 14.8 Å². The number of halogens is 2. The molecule has 0 aliphatic heterocycles. The molecule has 0 saturated heterocycles. The van der Waals surface area contributed by atoms with Crippen molar-refractivity contribution in [2.75, 3.05) is 0 Å². The fraction of sp³-hybridized carbons (Fsp3) is 0.318. The maximum Gasteiger partial charge on any atom is 0.305 e. The summed E-state index contributed by atoms with van der Waals surface area (Å²) in [4.78, 5) is 4.13. The van der Waals surface area contributed by atoms with Crippen LogP contribution in [0.3, 0.4) is 0 Å². The quantitative estimate of drug-likeness (QED) is 0.462. The highest BCUT2D eigenvalue weighted by Gasteiger charge is 2.32. The lowest BCUT2D eigenvalue weighted by Crippen LogP contribution is -2.11. The van der Waals surface area contributed by atoms with Gasteiger partial charge in [-0.1, -0.05) is 56.3 Å². The summed E-state index contributed by atoms with van der Waals surface area (Å²) in [6.07, 6.45) is 0.795. The van der Waals surface area contributed by atoms with Crippen molar-refractivity contribution in [2.24, 2.45) is 0 Å². The number of aromatic nitrogens is 7. The first-order valence-electron chi connectivity index (χ1n) is 10.1. The van der Waals surface area contributed by atoms with Gasteiger partial charge in [0.15, 0.2) is 5.82 Å². The lowest BCUT2D eigenvalue weighted by atomic mass is 10.0. The van der Waals surface area contributed by atoms with Crippen LogP contribution in [0.1, 0.15) is 50.3 Å². The predicted octanol–water partition coefficient (Wildman–Crippen LogP) is 4.80. The van der Waals surface area contributed by atoms with E-state index in [9.17, 15) is 8.78 Å². The van der Waals surface area contributed by atoms with Crippen molar-refractivity contribution >= 4 is 0 Å². The molecule has 1 atom stereocenters. The van der Waals surface area contributed by atoms with Crippen molar-refractivity contribution in [3.8, 4) is 22.5 Å². The second-order valence-electron chi connectivity index (χ2n) is 7.68. The average Bonchev–Trinajstić information content (AvgIpc) is 3.44. The molecule has 0 saturated carbocycles. The van der Waals surface area contributed by atoms with Crippen molar-refractivity contribution in [1.29, 1.82) is 0 Å². The fourth-order valence-corrected chi connectivity index (χ4v) is 3.31. The number of tetrazole rings is 1. The molecule has 0 aliphatic carbocycles. The van der Waals surface area contributed by atoms with Gasteiger partial charge in [0.2, 0.25) is 5.82 Å². The number of hydrogen-bond donors (Lipinski definition) is 1. The molecule has 2 heterocycles. The highest BCUT2D eigenvalue weighted by atomic mass is 19.3. The maximum atomic E-state index is 13.8. The Hall–Kier alpha value is -3.49. The molecule has 7 nitrogen and oxygen atoms in total. The number of alkyl halides is 2. The summed E-state index contributed by atoms with van der Waals surface area (Å²) in [5, 5.41) is 18.0. The Morgan fingerprint density at radius 2 is 1.81 bits per heavy atom. The van der Waals surface area contributed by atoms with Crippen molar-refractivity contribution < 1.29 is 8.78 Å². The molecule has 4 aromatic rings. The maximum absolute atomic E-state index is 13.8. The molecule has 1 unspecified atom stereocenters. The second kappa shape index (κ2) is 8.33. The summed E-state index contributed by atoms with van der Waals surface area (Å²) < 4.78 is 29.1. The summed E-state index contributed by atoms with van der Waals surface area (Å²) in [5.74, 6) is -2.28. The van der Waals surface area contributed by atoms with E-state index in [2.05, 4.69) is 30.7 Å². The van der Waals surface area contributed by atoms with Crippen LogP contribution in [0.2, 0.25) is 0 Å². The molecule has 31 heavy (non-hydrogen) atoms. The van der Waals surface area contributed by atoms with Gasteiger partial charge in [0.05, 0.1) is 6.54 Å². The minimum absolute atomic E-state index is 0.0381. The number of hydrogen-bond acceptors (Lipinski definition) is 5. The van der Waals surface area contributed by atoms with Crippen molar-refractivity contribution in [3.63, 3.8) is 0 Å². The smallest absolute Gasteiger partial charge is 0.245 e. The van der Waals surface area contributed by atoms with Crippen molar-refractivity contribution in [3.05, 3.63) is 65.7 Å². The van der Waals surface area contributed by atoms with Gasteiger partial charge in [-0.2, -0.15) is 8.78 Å². The number of nitrogens with zero attached hydrogens (tertiary/aromatic N) is 6. The molecule has 2 aromatic carbocycles. The van der Waals surface area contributed by atoms with E-state index in [1.165, 1.54) is 0 Å². The molecular weight excluding hydrogens is 400 g/mol. The van der Waals surface area contributed by atoms with Crippen LogP contribution in [0.15, 0.2) is 48.5 Å². The van der Waals surface area contributed by atoms with E-state index in [1.807, 2.05) is 62.4 Å². The van der Waals surface area contributed by atoms with Crippen LogP contribution in [0.25, 0.3) is 22.5 Å². The monoisotopic (exact) mass is 423 g/mol. The van der Waals surface area contributed by atoms with E-state index in [-0.39, 0.29) is 5.92 Å². The molecule has 0 spiro atoms. The normalized spacial score (nSPS) is 12.8. The van der Waals surface area contributed by atoms with Crippen LogP contribution in [-0.4, -0.2) is 35.4 Å². The zero-order chi connectivity index (χ0) is 22.0. The number of rotatable bonds is 7. The molecular formula is C22H23F2N7. The molecule has 0 bridgehead atoms. The fourth-order valence-electron chi connectivity index (χ4n) is 3.31. The van der Waals surface area contributed by atoms with E-state index >= 15 is 0 Å². The number of nitrogens with one attached hydrogen (secondary N) is 1. The zero-order valence-electron chi connectivity index (χ0n) is 17.5. The Labute approximate surface area is 178 Å². The van der Waals surface area contributed by atoms with Crippen molar-refractivity contribution in [2.45, 2.75) is 45.6 Å². The van der Waals surface area contributed by atoms with Crippen LogP contribution >= 0.6 is 0 Å². The van der Waals surface area contributed by atoms with E-state index in [1.54, 1.807) is 4.68 Å². The minimum atomic E-state index is -3.07. The first-order valence-corrected chi connectivity index (χ1v) is 10.1. The SMILES string of the molecule is CCC(C)c1nc(C(C)(F)F)nn1Cc1ccc(-c2cccc(-c3nnn[nH]3)c2)cc1. The second-order valence-corrected chi connectivity index (χ2v) is 7.68. The number of aromatic amines is 1. The van der Waals surface area contributed by atoms with Crippen LogP contribution in [0, 0.1) is 0 Å². The molecule has 0 radical (unpaired) electrons. The highest BCUT2D eigenvalue weighted by molar-refractivity contribution is 5.70. The first kappa shape index (κ1) is 20.8. The van der Waals surface area contributed by atoms with Crippen LogP contribution in [-0.2, 0) is 12.5 Å². The Kier molecular flexibility index (Phi) is 5.58.